The van der Waals surface area contributed by atoms with Gasteiger partial charge in [0.25, 0.3) is 0 Å². The largest absolute Gasteiger partial charge is 0.496 e. The Bertz CT molecular complexity index is 1370. The number of rotatable bonds is 14. The minimum Gasteiger partial charge on any atom is -0.496 e. The highest BCUT2D eigenvalue weighted by Gasteiger charge is 2.26. The lowest BCUT2D eigenvalue weighted by atomic mass is 10.1. The van der Waals surface area contributed by atoms with Crippen LogP contribution in [0.15, 0.2) is 66.7 Å². The molecule has 4 amide bonds. The van der Waals surface area contributed by atoms with Crippen LogP contribution in [0.5, 0.6) is 5.75 Å². The van der Waals surface area contributed by atoms with Crippen molar-refractivity contribution in [2.75, 3.05) is 19.0 Å². The number of nitrogens with two attached hydrogens (primary N) is 1. The smallest absolute Gasteiger partial charge is 0.408 e. The average molecular weight is 578 g/mol. The molecule has 3 atom stereocenters. The van der Waals surface area contributed by atoms with Crippen molar-refractivity contribution < 1.29 is 28.7 Å². The van der Waals surface area contributed by atoms with E-state index in [2.05, 4.69) is 21.3 Å². The molecule has 0 aliphatic carbocycles. The number of hydrogen-bond donors (Lipinski definition) is 5. The molecule has 3 aromatic carbocycles. The highest BCUT2D eigenvalue weighted by molar-refractivity contribution is 6.01. The van der Waals surface area contributed by atoms with Gasteiger partial charge in [0.2, 0.25) is 17.7 Å². The summed E-state index contributed by atoms with van der Waals surface area (Å²) in [5.74, 6) is -0.935. The second-order valence-corrected chi connectivity index (χ2v) is 9.89. The maximum absolute atomic E-state index is 13.3. The van der Waals surface area contributed by atoms with Gasteiger partial charge in [-0.3, -0.25) is 14.4 Å². The molecule has 42 heavy (non-hydrogen) atoms. The maximum atomic E-state index is 13.3. The molecule has 0 saturated heterocycles. The fraction of sp³-hybridized carbons (Fsp3) is 0.355. The molecule has 224 valence electrons. The Kier molecular flexibility index (Phi) is 12.1. The Morgan fingerprint density at radius 3 is 2.19 bits per heavy atom. The quantitative estimate of drug-likeness (QED) is 0.184. The lowest BCUT2D eigenvalue weighted by molar-refractivity contribution is -0.131. The Hall–Kier alpha value is -4.64. The third-order valence-corrected chi connectivity index (χ3v) is 6.58. The topological polar surface area (TPSA) is 161 Å². The van der Waals surface area contributed by atoms with Crippen molar-refractivity contribution in [1.29, 1.82) is 0 Å². The van der Waals surface area contributed by atoms with E-state index >= 15 is 0 Å². The molecule has 3 aromatic rings. The van der Waals surface area contributed by atoms with Crippen molar-refractivity contribution in [3.8, 4) is 5.75 Å². The lowest BCUT2D eigenvalue weighted by Gasteiger charge is -2.22. The van der Waals surface area contributed by atoms with Crippen LogP contribution in [0.2, 0.25) is 0 Å². The van der Waals surface area contributed by atoms with Crippen LogP contribution in [0, 0.1) is 0 Å². The van der Waals surface area contributed by atoms with E-state index in [1.165, 1.54) is 13.8 Å². The first kappa shape index (κ1) is 31.9. The number of carbonyl (C=O) groups excluding carboxylic acids is 4. The van der Waals surface area contributed by atoms with Crippen molar-refractivity contribution in [2.24, 2.45) is 5.73 Å². The molecule has 0 unspecified atom stereocenters. The SMILES string of the molecule is COc1cc(NC(=O)[C@H](CCCCN)NC(=O)[C@H](C)NC(=O)[C@H](C)NC(=O)OCc2ccccc2)cc2ccccc12. The number of carbonyl (C=O) groups is 4. The lowest BCUT2D eigenvalue weighted by Crippen LogP contribution is -2.54. The minimum atomic E-state index is -0.979. The van der Waals surface area contributed by atoms with Crippen LogP contribution in [-0.2, 0) is 25.7 Å². The molecule has 0 spiro atoms. The number of methoxy groups -OCH3 is 1. The Balaban J connectivity index is 1.57. The summed E-state index contributed by atoms with van der Waals surface area (Å²) in [4.78, 5) is 51.0. The van der Waals surface area contributed by atoms with E-state index in [0.29, 0.717) is 37.2 Å². The Morgan fingerprint density at radius 1 is 0.810 bits per heavy atom. The van der Waals surface area contributed by atoms with Gasteiger partial charge in [-0.15, -0.1) is 0 Å². The molecular formula is C31H39N5O6. The van der Waals surface area contributed by atoms with Gasteiger partial charge in [-0.1, -0.05) is 54.6 Å². The fourth-order valence-electron chi connectivity index (χ4n) is 4.22. The zero-order valence-electron chi connectivity index (χ0n) is 24.1. The monoisotopic (exact) mass is 577 g/mol. The molecule has 0 aliphatic rings. The number of amides is 4. The Labute approximate surface area is 245 Å². The van der Waals surface area contributed by atoms with Gasteiger partial charge in [-0.2, -0.15) is 0 Å². The second-order valence-electron chi connectivity index (χ2n) is 9.89. The normalized spacial score (nSPS) is 12.9. The predicted octanol–water partition coefficient (Wildman–Crippen LogP) is 3.22. The molecule has 6 N–H and O–H groups in total. The number of nitrogens with one attached hydrogen (secondary N) is 4. The Morgan fingerprint density at radius 2 is 1.48 bits per heavy atom. The van der Waals surface area contributed by atoms with E-state index in [9.17, 15) is 19.2 Å². The molecule has 0 saturated carbocycles. The van der Waals surface area contributed by atoms with Crippen molar-refractivity contribution >= 4 is 40.3 Å². The van der Waals surface area contributed by atoms with Crippen LogP contribution in [-0.4, -0.2) is 55.6 Å². The molecule has 11 heteroatoms. The number of hydrogen-bond acceptors (Lipinski definition) is 7. The number of ether oxygens (including phenoxy) is 2. The summed E-state index contributed by atoms with van der Waals surface area (Å²) in [6.45, 7) is 3.48. The number of anilines is 1. The van der Waals surface area contributed by atoms with Gasteiger partial charge in [0.1, 0.15) is 30.5 Å². The molecule has 0 aliphatic heterocycles. The van der Waals surface area contributed by atoms with Crippen LogP contribution >= 0.6 is 0 Å². The van der Waals surface area contributed by atoms with Gasteiger partial charge in [0.05, 0.1) is 7.11 Å². The number of unbranched alkanes of at least 4 members (excludes halogenated alkanes) is 1. The molecular weight excluding hydrogens is 538 g/mol. The first-order chi connectivity index (χ1) is 20.2. The maximum Gasteiger partial charge on any atom is 0.408 e. The molecule has 0 heterocycles. The van der Waals surface area contributed by atoms with Gasteiger partial charge >= 0.3 is 6.09 Å². The molecule has 0 radical (unpaired) electrons. The summed E-state index contributed by atoms with van der Waals surface area (Å²) in [7, 11) is 1.56. The van der Waals surface area contributed by atoms with E-state index in [1.54, 1.807) is 13.2 Å². The van der Waals surface area contributed by atoms with Gasteiger partial charge in [-0.05, 0) is 56.7 Å². The van der Waals surface area contributed by atoms with E-state index in [-0.39, 0.29) is 6.61 Å². The van der Waals surface area contributed by atoms with Crippen molar-refractivity contribution in [3.63, 3.8) is 0 Å². The van der Waals surface area contributed by atoms with Crippen molar-refractivity contribution in [2.45, 2.75) is 57.8 Å². The van der Waals surface area contributed by atoms with Crippen LogP contribution in [0.1, 0.15) is 38.7 Å². The zero-order valence-corrected chi connectivity index (χ0v) is 24.1. The van der Waals surface area contributed by atoms with E-state index in [0.717, 1.165) is 16.3 Å². The summed E-state index contributed by atoms with van der Waals surface area (Å²) >= 11 is 0. The number of alkyl carbamates (subject to hydrolysis) is 1. The van der Waals surface area contributed by atoms with E-state index in [1.807, 2.05) is 60.7 Å². The van der Waals surface area contributed by atoms with E-state index in [4.69, 9.17) is 15.2 Å². The molecule has 0 bridgehead atoms. The summed E-state index contributed by atoms with van der Waals surface area (Å²) in [5, 5.41) is 12.4. The van der Waals surface area contributed by atoms with Crippen molar-refractivity contribution in [1.82, 2.24) is 16.0 Å². The average Bonchev–Trinajstić information content (AvgIpc) is 2.99. The van der Waals surface area contributed by atoms with Crippen LogP contribution in [0.3, 0.4) is 0 Å². The third-order valence-electron chi connectivity index (χ3n) is 6.58. The minimum absolute atomic E-state index is 0.0550. The summed E-state index contributed by atoms with van der Waals surface area (Å²) in [6, 6.07) is 17.5. The highest BCUT2D eigenvalue weighted by atomic mass is 16.5. The van der Waals surface area contributed by atoms with Crippen LogP contribution in [0.25, 0.3) is 10.8 Å². The first-order valence-corrected chi connectivity index (χ1v) is 13.9. The number of fused-ring (bicyclic) bond motifs is 1. The zero-order chi connectivity index (χ0) is 30.5. The molecule has 0 fully saturated rings. The van der Waals surface area contributed by atoms with Gasteiger partial charge in [0, 0.05) is 17.1 Å². The van der Waals surface area contributed by atoms with Crippen LogP contribution < -0.4 is 31.7 Å². The summed E-state index contributed by atoms with van der Waals surface area (Å²) in [6.07, 6.45) is 0.883. The third kappa shape index (κ3) is 9.48. The number of benzene rings is 3. The molecule has 3 rings (SSSR count). The molecule has 0 aromatic heterocycles. The van der Waals surface area contributed by atoms with Crippen molar-refractivity contribution in [3.05, 3.63) is 72.3 Å². The standard InChI is InChI=1S/C31H39N5O6/c1-20(33-28(37)21(2)34-31(40)42-19-22-11-5-4-6-12-22)29(38)36-26(15-9-10-16-32)30(39)35-24-17-23-13-7-8-14-25(23)27(18-24)41-3/h4-8,11-14,17-18,20-21,26H,9-10,15-16,19,32H2,1-3H3,(H,33,37)(H,34,40)(H,35,39)(H,36,38)/t20-,21-,26-/m0/s1. The highest BCUT2D eigenvalue weighted by Crippen LogP contribution is 2.29. The fourth-order valence-corrected chi connectivity index (χ4v) is 4.22. The summed E-state index contributed by atoms with van der Waals surface area (Å²) in [5.41, 5.74) is 6.95. The van der Waals surface area contributed by atoms with Gasteiger partial charge < -0.3 is 36.5 Å². The van der Waals surface area contributed by atoms with E-state index < -0.39 is 41.9 Å². The van der Waals surface area contributed by atoms with Crippen LogP contribution in [0.4, 0.5) is 10.5 Å². The summed E-state index contributed by atoms with van der Waals surface area (Å²) < 4.78 is 10.6. The molecule has 11 nitrogen and oxygen atoms in total. The second kappa shape index (κ2) is 16.0. The first-order valence-electron chi connectivity index (χ1n) is 13.9. The van der Waals surface area contributed by atoms with Gasteiger partial charge in [-0.25, -0.2) is 4.79 Å². The van der Waals surface area contributed by atoms with Gasteiger partial charge in [0.15, 0.2) is 0 Å². The predicted molar refractivity (Wildman–Crippen MR) is 161 cm³/mol.